The van der Waals surface area contributed by atoms with Crippen molar-refractivity contribution in [1.82, 2.24) is 19.7 Å². The summed E-state index contributed by atoms with van der Waals surface area (Å²) in [4.78, 5) is 19.6. The molecule has 0 unspecified atom stereocenters. The van der Waals surface area contributed by atoms with E-state index >= 15 is 0 Å². The molecule has 112 valence electrons. The SMILES string of the molecule is Cc1cc(C(F)(F)F)nc(-n2ncc3ccccc3c2=O)n1. The second kappa shape index (κ2) is 4.90. The molecular weight excluding hydrogens is 297 g/mol. The van der Waals surface area contributed by atoms with E-state index in [4.69, 9.17) is 0 Å². The van der Waals surface area contributed by atoms with Crippen LogP contribution >= 0.6 is 0 Å². The Labute approximate surface area is 122 Å². The summed E-state index contributed by atoms with van der Waals surface area (Å²) in [7, 11) is 0. The number of hydrogen-bond donors (Lipinski definition) is 0. The van der Waals surface area contributed by atoms with Gasteiger partial charge in [-0.25, -0.2) is 9.97 Å². The highest BCUT2D eigenvalue weighted by Crippen LogP contribution is 2.28. The van der Waals surface area contributed by atoms with Crippen molar-refractivity contribution in [3.8, 4) is 5.95 Å². The summed E-state index contributed by atoms with van der Waals surface area (Å²) >= 11 is 0. The van der Waals surface area contributed by atoms with Gasteiger partial charge in [-0.05, 0) is 19.1 Å². The monoisotopic (exact) mass is 306 g/mol. The molecule has 1 aromatic carbocycles. The molecule has 2 aromatic heterocycles. The van der Waals surface area contributed by atoms with Gasteiger partial charge in [0.15, 0.2) is 0 Å². The zero-order valence-electron chi connectivity index (χ0n) is 11.3. The van der Waals surface area contributed by atoms with E-state index in [-0.39, 0.29) is 5.69 Å². The molecule has 0 N–H and O–H groups in total. The van der Waals surface area contributed by atoms with Crippen LogP contribution in [0.2, 0.25) is 0 Å². The number of hydrogen-bond acceptors (Lipinski definition) is 4. The quantitative estimate of drug-likeness (QED) is 0.693. The first-order chi connectivity index (χ1) is 10.4. The highest BCUT2D eigenvalue weighted by Gasteiger charge is 2.33. The van der Waals surface area contributed by atoms with Crippen LogP contribution in [0.5, 0.6) is 0 Å². The van der Waals surface area contributed by atoms with E-state index in [1.807, 2.05) is 0 Å². The van der Waals surface area contributed by atoms with Gasteiger partial charge >= 0.3 is 6.18 Å². The summed E-state index contributed by atoms with van der Waals surface area (Å²) in [5.41, 5.74) is -1.59. The van der Waals surface area contributed by atoms with Gasteiger partial charge in [0.05, 0.1) is 11.6 Å². The molecule has 8 heteroatoms. The van der Waals surface area contributed by atoms with Gasteiger partial charge in [0, 0.05) is 11.1 Å². The first-order valence-corrected chi connectivity index (χ1v) is 6.26. The zero-order chi connectivity index (χ0) is 15.9. The van der Waals surface area contributed by atoms with E-state index in [9.17, 15) is 18.0 Å². The molecule has 0 saturated carbocycles. The molecule has 22 heavy (non-hydrogen) atoms. The average molecular weight is 306 g/mol. The van der Waals surface area contributed by atoms with Crippen molar-refractivity contribution < 1.29 is 13.2 Å². The van der Waals surface area contributed by atoms with Gasteiger partial charge in [-0.1, -0.05) is 18.2 Å². The fraction of sp³-hybridized carbons (Fsp3) is 0.143. The summed E-state index contributed by atoms with van der Waals surface area (Å²) < 4.78 is 39.2. The van der Waals surface area contributed by atoms with Gasteiger partial charge in [-0.3, -0.25) is 4.79 Å². The summed E-state index contributed by atoms with van der Waals surface area (Å²) in [5.74, 6) is -0.400. The Hall–Kier alpha value is -2.77. The molecule has 0 fully saturated rings. The molecular formula is C14H9F3N4O. The molecule has 0 bridgehead atoms. The van der Waals surface area contributed by atoms with Crippen molar-refractivity contribution >= 4 is 10.8 Å². The zero-order valence-corrected chi connectivity index (χ0v) is 11.3. The topological polar surface area (TPSA) is 60.7 Å². The molecule has 0 amide bonds. The lowest BCUT2D eigenvalue weighted by molar-refractivity contribution is -0.141. The van der Waals surface area contributed by atoms with Crippen molar-refractivity contribution in [3.05, 3.63) is 58.3 Å². The molecule has 2 heterocycles. The van der Waals surface area contributed by atoms with E-state index in [2.05, 4.69) is 15.1 Å². The minimum atomic E-state index is -4.62. The van der Waals surface area contributed by atoms with E-state index in [1.165, 1.54) is 13.1 Å². The molecule has 0 atom stereocenters. The minimum Gasteiger partial charge on any atom is -0.267 e. The molecule has 3 aromatic rings. The maximum absolute atomic E-state index is 12.8. The third-order valence-corrected chi connectivity index (χ3v) is 3.02. The smallest absolute Gasteiger partial charge is 0.267 e. The van der Waals surface area contributed by atoms with Crippen molar-refractivity contribution in [2.45, 2.75) is 13.1 Å². The molecule has 0 aliphatic rings. The Balaban J connectivity index is 2.26. The van der Waals surface area contributed by atoms with Crippen molar-refractivity contribution in [3.63, 3.8) is 0 Å². The maximum atomic E-state index is 12.8. The van der Waals surface area contributed by atoms with Gasteiger partial charge in [0.25, 0.3) is 11.5 Å². The van der Waals surface area contributed by atoms with Gasteiger partial charge in [0.2, 0.25) is 0 Å². The number of rotatable bonds is 1. The maximum Gasteiger partial charge on any atom is 0.433 e. The molecule has 0 aliphatic carbocycles. The minimum absolute atomic E-state index is 0.0965. The summed E-state index contributed by atoms with van der Waals surface area (Å²) in [6.45, 7) is 1.40. The van der Waals surface area contributed by atoms with Crippen LogP contribution in [0.25, 0.3) is 16.7 Å². The van der Waals surface area contributed by atoms with Crippen molar-refractivity contribution in [2.24, 2.45) is 0 Å². The van der Waals surface area contributed by atoms with E-state index in [0.29, 0.717) is 10.8 Å². The lowest BCUT2D eigenvalue weighted by atomic mass is 10.2. The van der Waals surface area contributed by atoms with Gasteiger partial charge in [0.1, 0.15) is 5.69 Å². The highest BCUT2D eigenvalue weighted by atomic mass is 19.4. The number of alkyl halides is 3. The van der Waals surface area contributed by atoms with Crippen LogP contribution in [0, 0.1) is 6.92 Å². The molecule has 0 saturated heterocycles. The van der Waals surface area contributed by atoms with E-state index in [1.54, 1.807) is 24.3 Å². The van der Waals surface area contributed by atoms with Crippen molar-refractivity contribution in [2.75, 3.05) is 0 Å². The number of benzene rings is 1. The first-order valence-electron chi connectivity index (χ1n) is 6.26. The second-order valence-electron chi connectivity index (χ2n) is 4.64. The Kier molecular flexibility index (Phi) is 3.16. The number of nitrogens with zero attached hydrogens (tertiary/aromatic N) is 4. The molecule has 0 aliphatic heterocycles. The molecule has 0 spiro atoms. The van der Waals surface area contributed by atoms with Gasteiger partial charge in [-0.2, -0.15) is 23.0 Å². The number of aryl methyl sites for hydroxylation is 1. The highest BCUT2D eigenvalue weighted by molar-refractivity contribution is 5.80. The van der Waals surface area contributed by atoms with Gasteiger partial charge in [-0.15, -0.1) is 0 Å². The lowest BCUT2D eigenvalue weighted by Crippen LogP contribution is -2.24. The predicted octanol–water partition coefficient (Wildman–Crippen LogP) is 2.50. The standard InChI is InChI=1S/C14H9F3N4O/c1-8-6-11(14(15,16)17)20-13(19-8)21-12(22)10-5-3-2-4-9(10)7-18-21/h2-7H,1H3. The summed E-state index contributed by atoms with van der Waals surface area (Å²) in [6.07, 6.45) is -3.24. The Morgan fingerprint density at radius 1 is 1.14 bits per heavy atom. The lowest BCUT2D eigenvalue weighted by Gasteiger charge is -2.09. The summed E-state index contributed by atoms with van der Waals surface area (Å²) in [5, 5.41) is 4.77. The van der Waals surface area contributed by atoms with Crippen LogP contribution in [-0.2, 0) is 6.18 Å². The third-order valence-electron chi connectivity index (χ3n) is 3.02. The molecule has 5 nitrogen and oxygen atoms in total. The first kappa shape index (κ1) is 14.2. The predicted molar refractivity (Wildman–Crippen MR) is 72.7 cm³/mol. The third kappa shape index (κ3) is 2.43. The van der Waals surface area contributed by atoms with Crippen LogP contribution in [0.1, 0.15) is 11.4 Å². The number of fused-ring (bicyclic) bond motifs is 1. The normalized spacial score (nSPS) is 11.8. The van der Waals surface area contributed by atoms with E-state index in [0.717, 1.165) is 10.7 Å². The largest absolute Gasteiger partial charge is 0.433 e. The van der Waals surface area contributed by atoms with Crippen molar-refractivity contribution in [1.29, 1.82) is 0 Å². The van der Waals surface area contributed by atoms with Crippen LogP contribution < -0.4 is 5.56 Å². The van der Waals surface area contributed by atoms with Crippen LogP contribution in [-0.4, -0.2) is 19.7 Å². The van der Waals surface area contributed by atoms with E-state index < -0.39 is 23.4 Å². The van der Waals surface area contributed by atoms with Crippen LogP contribution in [0.15, 0.2) is 41.3 Å². The number of aromatic nitrogens is 4. The fourth-order valence-electron chi connectivity index (χ4n) is 2.03. The average Bonchev–Trinajstić information content (AvgIpc) is 2.46. The Morgan fingerprint density at radius 3 is 2.59 bits per heavy atom. The molecule has 3 rings (SSSR count). The van der Waals surface area contributed by atoms with Crippen LogP contribution in [0.3, 0.4) is 0 Å². The fourth-order valence-corrected chi connectivity index (χ4v) is 2.03. The van der Waals surface area contributed by atoms with Crippen LogP contribution in [0.4, 0.5) is 13.2 Å². The Bertz CT molecular complexity index is 918. The Morgan fingerprint density at radius 2 is 1.86 bits per heavy atom. The second-order valence-corrected chi connectivity index (χ2v) is 4.64. The molecule has 0 radical (unpaired) electrons. The summed E-state index contributed by atoms with van der Waals surface area (Å²) in [6, 6.07) is 7.46. The number of halogens is 3. The van der Waals surface area contributed by atoms with Gasteiger partial charge < -0.3 is 0 Å².